The second-order valence-corrected chi connectivity index (χ2v) is 1.92. The molecule has 0 rings (SSSR count). The van der Waals surface area contributed by atoms with Crippen LogP contribution in [0.15, 0.2) is 24.3 Å². The predicted molar refractivity (Wildman–Crippen MR) is 69.5 cm³/mol. The molecule has 0 aromatic carbocycles. The normalized spacial score (nSPS) is 8.92. The first-order valence-electron chi connectivity index (χ1n) is 4.85. The van der Waals surface area contributed by atoms with E-state index in [1.54, 1.807) is 0 Å². The van der Waals surface area contributed by atoms with Crippen molar-refractivity contribution in [3.63, 3.8) is 0 Å². The van der Waals surface area contributed by atoms with Gasteiger partial charge in [-0.2, -0.15) is 0 Å². The van der Waals surface area contributed by atoms with E-state index in [1.165, 1.54) is 5.57 Å². The van der Waals surface area contributed by atoms with E-state index in [2.05, 4.69) is 27.2 Å². The lowest BCUT2D eigenvalue weighted by molar-refractivity contribution is 0.793. The molecule has 0 aromatic rings. The first kappa shape index (κ1) is 18.6. The Morgan fingerprint density at radius 2 is 1.85 bits per heavy atom. The zero-order valence-electron chi connectivity index (χ0n) is 9.85. The van der Waals surface area contributed by atoms with Crippen molar-refractivity contribution in [3.05, 3.63) is 24.3 Å². The fourth-order valence-electron chi connectivity index (χ4n) is 0.634. The first-order chi connectivity index (χ1) is 6.35. The molecule has 0 saturated carbocycles. The van der Waals surface area contributed by atoms with Gasteiger partial charge in [0.25, 0.3) is 0 Å². The van der Waals surface area contributed by atoms with Gasteiger partial charge in [-0.1, -0.05) is 44.8 Å². The third-order valence-corrected chi connectivity index (χ3v) is 1.30. The van der Waals surface area contributed by atoms with E-state index < -0.39 is 0 Å². The summed E-state index contributed by atoms with van der Waals surface area (Å²) in [6.45, 7) is 12.7. The third-order valence-electron chi connectivity index (χ3n) is 1.30. The Hall–Kier alpha value is -0.130. The Morgan fingerprint density at radius 3 is 2.08 bits per heavy atom. The Labute approximate surface area is 86.9 Å². The summed E-state index contributed by atoms with van der Waals surface area (Å²) in [4.78, 5) is 0. The van der Waals surface area contributed by atoms with Crippen molar-refractivity contribution >= 4 is 9.24 Å². The van der Waals surface area contributed by atoms with Gasteiger partial charge in [0.2, 0.25) is 0 Å². The highest BCUT2D eigenvalue weighted by Crippen LogP contribution is 1.99. The Morgan fingerprint density at radius 1 is 1.38 bits per heavy atom. The van der Waals surface area contributed by atoms with Gasteiger partial charge in [0.05, 0.1) is 0 Å². The van der Waals surface area contributed by atoms with Crippen LogP contribution in [-0.4, -0.2) is 20.3 Å². The molecule has 1 nitrogen and oxygen atoms in total. The van der Waals surface area contributed by atoms with Crippen molar-refractivity contribution in [1.29, 1.82) is 0 Å². The number of rotatable bonds is 4. The zero-order chi connectivity index (χ0) is 11.1. The summed E-state index contributed by atoms with van der Waals surface area (Å²) >= 11 is 0. The Balaban J connectivity index is -0.000000218. The van der Waals surface area contributed by atoms with Crippen LogP contribution < -0.4 is 5.32 Å². The second-order valence-electron chi connectivity index (χ2n) is 1.92. The van der Waals surface area contributed by atoms with Gasteiger partial charge in [-0.05, 0) is 26.9 Å². The predicted octanol–water partition coefficient (Wildman–Crippen LogP) is 3.25. The molecular formula is C11H26NP. The van der Waals surface area contributed by atoms with E-state index in [0.717, 1.165) is 13.0 Å². The summed E-state index contributed by atoms with van der Waals surface area (Å²) in [6.07, 6.45) is 5.07. The van der Waals surface area contributed by atoms with E-state index in [0.29, 0.717) is 0 Å². The Bertz CT molecular complexity index is 109. The van der Waals surface area contributed by atoms with Crippen LogP contribution in [0, 0.1) is 0 Å². The summed E-state index contributed by atoms with van der Waals surface area (Å²) in [5.41, 5.74) is 1.31. The molecule has 0 aromatic heterocycles. The van der Waals surface area contributed by atoms with Crippen molar-refractivity contribution in [2.45, 2.75) is 27.2 Å². The molecule has 80 valence electrons. The lowest BCUT2D eigenvalue weighted by atomic mass is 10.2. The van der Waals surface area contributed by atoms with Crippen molar-refractivity contribution in [2.75, 3.05) is 20.3 Å². The maximum absolute atomic E-state index is 3.69. The maximum Gasteiger partial charge on any atom is -0.00115 e. The summed E-state index contributed by atoms with van der Waals surface area (Å²) in [7, 11) is 4.37. The highest BCUT2D eigenvalue weighted by Gasteiger charge is 1.85. The number of hydrogen-bond donors (Lipinski definition) is 1. The minimum Gasteiger partial charge on any atom is -0.319 e. The average molecular weight is 203 g/mol. The monoisotopic (exact) mass is 203 g/mol. The van der Waals surface area contributed by atoms with E-state index in [4.69, 9.17) is 0 Å². The largest absolute Gasteiger partial charge is 0.319 e. The molecule has 0 heterocycles. The molecule has 0 aliphatic rings. The maximum atomic E-state index is 3.69. The van der Waals surface area contributed by atoms with E-state index in [9.17, 15) is 0 Å². The van der Waals surface area contributed by atoms with Gasteiger partial charge in [0, 0.05) is 0 Å². The van der Waals surface area contributed by atoms with Gasteiger partial charge in [-0.3, -0.25) is 0 Å². The van der Waals surface area contributed by atoms with Gasteiger partial charge in [-0.15, -0.1) is 9.24 Å². The summed E-state index contributed by atoms with van der Waals surface area (Å²) < 4.78 is 0. The molecule has 0 spiro atoms. The van der Waals surface area contributed by atoms with E-state index in [1.807, 2.05) is 40.6 Å². The second kappa shape index (κ2) is 22.6. The lowest BCUT2D eigenvalue weighted by Gasteiger charge is -1.97. The third kappa shape index (κ3) is 18.7. The van der Waals surface area contributed by atoms with Crippen LogP contribution in [0.1, 0.15) is 27.2 Å². The van der Waals surface area contributed by atoms with Crippen LogP contribution in [0.3, 0.4) is 0 Å². The van der Waals surface area contributed by atoms with Crippen LogP contribution in [0.5, 0.6) is 0 Å². The SMILES string of the molecule is C=C/C(=C\C)CCNC.CC.CP. The molecule has 1 unspecified atom stereocenters. The van der Waals surface area contributed by atoms with Crippen LogP contribution in [0.25, 0.3) is 0 Å². The fourth-order valence-corrected chi connectivity index (χ4v) is 0.634. The molecule has 0 saturated heterocycles. The molecule has 0 aliphatic heterocycles. The molecule has 0 fully saturated rings. The minimum atomic E-state index is 1.03. The van der Waals surface area contributed by atoms with Crippen LogP contribution in [0.2, 0.25) is 0 Å². The van der Waals surface area contributed by atoms with E-state index >= 15 is 0 Å². The first-order valence-corrected chi connectivity index (χ1v) is 6.00. The highest BCUT2D eigenvalue weighted by atomic mass is 31.0. The lowest BCUT2D eigenvalue weighted by Crippen LogP contribution is -2.07. The summed E-state index contributed by atoms with van der Waals surface area (Å²) in [5.74, 6) is 0. The standard InChI is InChI=1S/C8H15N.C2H6.CH5P/c1-4-8(5-2)6-7-9-3;2*1-2/h4-5,9H,1,6-7H2,2-3H3;1-2H3;2H2,1H3/b8-5+;;. The number of hydrogen-bond acceptors (Lipinski definition) is 1. The number of allylic oxidation sites excluding steroid dienone is 2. The zero-order valence-corrected chi connectivity index (χ0v) is 11.0. The van der Waals surface area contributed by atoms with Gasteiger partial charge in [0.15, 0.2) is 0 Å². The van der Waals surface area contributed by atoms with Crippen LogP contribution in [0.4, 0.5) is 0 Å². The fraction of sp³-hybridized carbons (Fsp3) is 0.636. The summed E-state index contributed by atoms with van der Waals surface area (Å²) in [5, 5.41) is 3.08. The molecule has 13 heavy (non-hydrogen) atoms. The molecular weight excluding hydrogens is 177 g/mol. The topological polar surface area (TPSA) is 12.0 Å². The smallest absolute Gasteiger partial charge is 0.00115 e. The molecule has 1 atom stereocenters. The van der Waals surface area contributed by atoms with Crippen molar-refractivity contribution in [3.8, 4) is 0 Å². The van der Waals surface area contributed by atoms with E-state index in [-0.39, 0.29) is 0 Å². The molecule has 2 heteroatoms. The molecule has 0 amide bonds. The molecule has 0 bridgehead atoms. The van der Waals surface area contributed by atoms with Crippen molar-refractivity contribution < 1.29 is 0 Å². The molecule has 0 aliphatic carbocycles. The summed E-state index contributed by atoms with van der Waals surface area (Å²) in [6, 6.07) is 0. The quantitative estimate of drug-likeness (QED) is 0.546. The van der Waals surface area contributed by atoms with Crippen LogP contribution >= 0.6 is 9.24 Å². The van der Waals surface area contributed by atoms with Crippen LogP contribution in [-0.2, 0) is 0 Å². The van der Waals surface area contributed by atoms with Gasteiger partial charge >= 0.3 is 0 Å². The van der Waals surface area contributed by atoms with Gasteiger partial charge in [-0.25, -0.2) is 0 Å². The minimum absolute atomic E-state index is 1.03. The Kier molecular flexibility index (Phi) is 32.4. The van der Waals surface area contributed by atoms with Gasteiger partial charge < -0.3 is 5.32 Å². The number of nitrogens with one attached hydrogen (secondary N) is 1. The average Bonchev–Trinajstić information content (AvgIpc) is 2.25. The van der Waals surface area contributed by atoms with Crippen molar-refractivity contribution in [1.82, 2.24) is 5.32 Å². The molecule has 0 radical (unpaired) electrons. The van der Waals surface area contributed by atoms with Crippen molar-refractivity contribution in [2.24, 2.45) is 0 Å². The molecule has 1 N–H and O–H groups in total. The highest BCUT2D eigenvalue weighted by molar-refractivity contribution is 7.15. The van der Waals surface area contributed by atoms with Gasteiger partial charge in [0.1, 0.15) is 0 Å².